The predicted octanol–water partition coefficient (Wildman–Crippen LogP) is 2.96. The fraction of sp³-hybridized carbons (Fsp3) is 0.154. The van der Waals surface area contributed by atoms with E-state index in [0.717, 1.165) is 0 Å². The molecule has 0 saturated carbocycles. The van der Waals surface area contributed by atoms with Crippen LogP contribution in [0.3, 0.4) is 0 Å². The number of benzene rings is 1. The van der Waals surface area contributed by atoms with Crippen molar-refractivity contribution >= 4 is 11.6 Å². The zero-order chi connectivity index (χ0) is 13.1. The van der Waals surface area contributed by atoms with Gasteiger partial charge < -0.3 is 9.84 Å². The van der Waals surface area contributed by atoms with Crippen LogP contribution >= 0.6 is 11.6 Å². The van der Waals surface area contributed by atoms with Gasteiger partial charge in [0.15, 0.2) is 11.6 Å². The van der Waals surface area contributed by atoms with Crippen LogP contribution in [0.25, 0.3) is 0 Å². The molecule has 1 aromatic carbocycles. The number of pyridine rings is 1. The number of halogens is 2. The molecule has 18 heavy (non-hydrogen) atoms. The molecule has 0 saturated heterocycles. The van der Waals surface area contributed by atoms with Crippen molar-refractivity contribution in [3.8, 4) is 5.75 Å². The summed E-state index contributed by atoms with van der Waals surface area (Å²) in [6, 6.07) is 7.67. The third-order valence-electron chi connectivity index (χ3n) is 2.57. The molecule has 1 heterocycles. The molecular formula is C13H11ClFNO2. The fourth-order valence-corrected chi connectivity index (χ4v) is 1.85. The molecule has 2 aromatic rings. The van der Waals surface area contributed by atoms with Gasteiger partial charge in [-0.3, -0.25) is 0 Å². The lowest BCUT2D eigenvalue weighted by Gasteiger charge is -2.14. The number of aliphatic hydroxyl groups is 1. The summed E-state index contributed by atoms with van der Waals surface area (Å²) in [5.41, 5.74) is 0.610. The monoisotopic (exact) mass is 267 g/mol. The number of hydrogen-bond acceptors (Lipinski definition) is 3. The second-order valence-corrected chi connectivity index (χ2v) is 4.07. The van der Waals surface area contributed by atoms with Crippen molar-refractivity contribution in [1.82, 2.24) is 4.98 Å². The van der Waals surface area contributed by atoms with Crippen molar-refractivity contribution in [3.05, 3.63) is 58.6 Å². The van der Waals surface area contributed by atoms with E-state index in [4.69, 9.17) is 16.3 Å². The lowest BCUT2D eigenvalue weighted by molar-refractivity contribution is 0.213. The summed E-state index contributed by atoms with van der Waals surface area (Å²) >= 11 is 5.73. The molecule has 0 radical (unpaired) electrons. The maximum Gasteiger partial charge on any atom is 0.171 e. The highest BCUT2D eigenvalue weighted by molar-refractivity contribution is 6.29. The summed E-state index contributed by atoms with van der Waals surface area (Å²) < 4.78 is 18.8. The second-order valence-electron chi connectivity index (χ2n) is 3.68. The average Bonchev–Trinajstić information content (AvgIpc) is 2.38. The van der Waals surface area contributed by atoms with Gasteiger partial charge >= 0.3 is 0 Å². The molecule has 3 nitrogen and oxygen atoms in total. The second kappa shape index (κ2) is 5.33. The van der Waals surface area contributed by atoms with Gasteiger partial charge in [0.1, 0.15) is 11.3 Å². The zero-order valence-corrected chi connectivity index (χ0v) is 10.4. The normalized spacial score (nSPS) is 12.2. The molecule has 2 rings (SSSR count). The number of aromatic nitrogens is 1. The topological polar surface area (TPSA) is 42.4 Å². The van der Waals surface area contributed by atoms with Crippen LogP contribution in [0.1, 0.15) is 17.2 Å². The lowest BCUT2D eigenvalue weighted by Crippen LogP contribution is -2.04. The van der Waals surface area contributed by atoms with Gasteiger partial charge in [0.2, 0.25) is 0 Å². The third kappa shape index (κ3) is 2.44. The van der Waals surface area contributed by atoms with Crippen LogP contribution in [0.15, 0.2) is 36.5 Å². The average molecular weight is 268 g/mol. The van der Waals surface area contributed by atoms with Crippen molar-refractivity contribution in [3.63, 3.8) is 0 Å². The summed E-state index contributed by atoms with van der Waals surface area (Å²) in [4.78, 5) is 3.81. The van der Waals surface area contributed by atoms with Crippen LogP contribution in [-0.4, -0.2) is 17.2 Å². The molecule has 0 aliphatic carbocycles. The van der Waals surface area contributed by atoms with E-state index >= 15 is 0 Å². The van der Waals surface area contributed by atoms with Gasteiger partial charge in [-0.1, -0.05) is 23.7 Å². The summed E-state index contributed by atoms with van der Waals surface area (Å²) in [7, 11) is 1.37. The molecule has 0 aliphatic rings. The van der Waals surface area contributed by atoms with E-state index in [1.165, 1.54) is 31.5 Å². The van der Waals surface area contributed by atoms with Crippen LogP contribution in [0.5, 0.6) is 5.75 Å². The largest absolute Gasteiger partial charge is 0.494 e. The maximum absolute atomic E-state index is 14.0. The summed E-state index contributed by atoms with van der Waals surface area (Å²) in [5.74, 6) is -0.493. The van der Waals surface area contributed by atoms with Gasteiger partial charge in [0.25, 0.3) is 0 Å². The Balaban J connectivity index is 2.43. The van der Waals surface area contributed by atoms with Gasteiger partial charge in [-0.15, -0.1) is 0 Å². The van der Waals surface area contributed by atoms with Crippen molar-refractivity contribution < 1.29 is 14.2 Å². The van der Waals surface area contributed by atoms with Gasteiger partial charge in [-0.05, 0) is 23.8 Å². The molecule has 94 valence electrons. The van der Waals surface area contributed by atoms with Crippen molar-refractivity contribution in [1.29, 1.82) is 0 Å². The molecule has 1 unspecified atom stereocenters. The lowest BCUT2D eigenvalue weighted by atomic mass is 10.0. The Kier molecular flexibility index (Phi) is 3.79. The number of nitrogens with zero attached hydrogens (tertiary/aromatic N) is 1. The molecule has 0 amide bonds. The van der Waals surface area contributed by atoms with E-state index in [9.17, 15) is 9.50 Å². The highest BCUT2D eigenvalue weighted by atomic mass is 35.5. The quantitative estimate of drug-likeness (QED) is 0.870. The van der Waals surface area contributed by atoms with E-state index in [-0.39, 0.29) is 16.5 Å². The Morgan fingerprint density at radius 2 is 2.17 bits per heavy atom. The van der Waals surface area contributed by atoms with Crippen molar-refractivity contribution in [2.75, 3.05) is 7.11 Å². The standard InChI is InChI=1S/C13H11ClFNO2/c1-18-10-4-2-3-9(12(10)15)13(17)8-5-6-16-11(14)7-8/h2-7,13,17H,1H3. The number of hydrogen-bond donors (Lipinski definition) is 1. The highest BCUT2D eigenvalue weighted by Crippen LogP contribution is 2.29. The number of rotatable bonds is 3. The van der Waals surface area contributed by atoms with Gasteiger partial charge in [0.05, 0.1) is 7.11 Å². The Labute approximate surface area is 109 Å². The maximum atomic E-state index is 14.0. The summed E-state index contributed by atoms with van der Waals surface area (Å²) in [6.07, 6.45) is 0.347. The number of ether oxygens (including phenoxy) is 1. The first-order valence-corrected chi connectivity index (χ1v) is 5.63. The predicted molar refractivity (Wildman–Crippen MR) is 66.3 cm³/mol. The molecule has 5 heteroatoms. The van der Waals surface area contributed by atoms with E-state index < -0.39 is 11.9 Å². The molecule has 0 spiro atoms. The minimum absolute atomic E-state index is 0.0895. The minimum Gasteiger partial charge on any atom is -0.494 e. The Hall–Kier alpha value is -1.65. The molecule has 1 aromatic heterocycles. The molecule has 1 N–H and O–H groups in total. The Bertz CT molecular complexity index is 562. The molecule has 1 atom stereocenters. The van der Waals surface area contributed by atoms with Crippen molar-refractivity contribution in [2.24, 2.45) is 0 Å². The van der Waals surface area contributed by atoms with E-state index in [1.807, 2.05) is 0 Å². The van der Waals surface area contributed by atoms with Crippen LogP contribution < -0.4 is 4.74 Å². The van der Waals surface area contributed by atoms with Crippen molar-refractivity contribution in [2.45, 2.75) is 6.10 Å². The molecule has 0 aliphatic heterocycles. The van der Waals surface area contributed by atoms with E-state index in [1.54, 1.807) is 12.1 Å². The number of aliphatic hydroxyl groups excluding tert-OH is 1. The Morgan fingerprint density at radius 3 is 2.83 bits per heavy atom. The molecular weight excluding hydrogens is 257 g/mol. The van der Waals surface area contributed by atoms with Crippen LogP contribution in [0.2, 0.25) is 5.15 Å². The van der Waals surface area contributed by atoms with Gasteiger partial charge in [-0.25, -0.2) is 9.37 Å². The van der Waals surface area contributed by atoms with Crippen LogP contribution in [0, 0.1) is 5.82 Å². The fourth-order valence-electron chi connectivity index (χ4n) is 1.66. The summed E-state index contributed by atoms with van der Waals surface area (Å²) in [6.45, 7) is 0. The third-order valence-corrected chi connectivity index (χ3v) is 2.78. The van der Waals surface area contributed by atoms with Crippen LogP contribution in [0.4, 0.5) is 4.39 Å². The SMILES string of the molecule is COc1cccc(C(O)c2ccnc(Cl)c2)c1F. The number of methoxy groups -OCH3 is 1. The first-order valence-electron chi connectivity index (χ1n) is 5.25. The molecule has 0 fully saturated rings. The van der Waals surface area contributed by atoms with Crippen LogP contribution in [-0.2, 0) is 0 Å². The smallest absolute Gasteiger partial charge is 0.171 e. The van der Waals surface area contributed by atoms with Gasteiger partial charge in [0, 0.05) is 11.8 Å². The van der Waals surface area contributed by atoms with E-state index in [2.05, 4.69) is 4.98 Å². The first kappa shape index (κ1) is 12.8. The minimum atomic E-state index is -1.11. The highest BCUT2D eigenvalue weighted by Gasteiger charge is 2.18. The van der Waals surface area contributed by atoms with Gasteiger partial charge in [-0.2, -0.15) is 0 Å². The summed E-state index contributed by atoms with van der Waals surface area (Å²) in [5, 5.41) is 10.4. The van der Waals surface area contributed by atoms with E-state index in [0.29, 0.717) is 5.56 Å². The molecule has 0 bridgehead atoms. The zero-order valence-electron chi connectivity index (χ0n) is 9.60. The Morgan fingerprint density at radius 1 is 1.39 bits per heavy atom. The first-order chi connectivity index (χ1) is 8.63.